The van der Waals surface area contributed by atoms with E-state index in [0.29, 0.717) is 11.3 Å². The second-order valence-corrected chi connectivity index (χ2v) is 2.26. The van der Waals surface area contributed by atoms with Crippen LogP contribution in [0.25, 0.3) is 0 Å². The average Bonchev–Trinajstić information content (AvgIpc) is 2.17. The van der Waals surface area contributed by atoms with Crippen molar-refractivity contribution in [3.05, 3.63) is 29.8 Å². The van der Waals surface area contributed by atoms with E-state index in [1.807, 2.05) is 0 Å². The molecule has 0 bridgehead atoms. The van der Waals surface area contributed by atoms with Crippen LogP contribution in [0.3, 0.4) is 0 Å². The molecule has 63 valence electrons. The Labute approximate surface area is 71.4 Å². The van der Waals surface area contributed by atoms with Crippen molar-refractivity contribution in [3.63, 3.8) is 0 Å². The van der Waals surface area contributed by atoms with E-state index in [2.05, 4.69) is 5.32 Å². The Morgan fingerprint density at radius 2 is 2.25 bits per heavy atom. The maximum Gasteiger partial charge on any atom is 0.272 e. The molecule has 0 unspecified atom stereocenters. The van der Waals surface area contributed by atoms with Gasteiger partial charge in [0.1, 0.15) is 5.75 Å². The van der Waals surface area contributed by atoms with E-state index in [4.69, 9.17) is 4.74 Å². The van der Waals surface area contributed by atoms with Crippen molar-refractivity contribution < 1.29 is 9.53 Å². The zero-order valence-electron chi connectivity index (χ0n) is 7.07. The van der Waals surface area contributed by atoms with Gasteiger partial charge in [-0.15, -0.1) is 0 Å². The summed E-state index contributed by atoms with van der Waals surface area (Å²) in [4.78, 5) is 11.1. The van der Waals surface area contributed by atoms with Gasteiger partial charge in [0.25, 0.3) is 5.91 Å². The molecule has 0 saturated heterocycles. The van der Waals surface area contributed by atoms with E-state index in [1.54, 1.807) is 31.4 Å². The van der Waals surface area contributed by atoms with Gasteiger partial charge in [0, 0.05) is 12.6 Å². The van der Waals surface area contributed by atoms with Gasteiger partial charge in [-0.05, 0) is 18.2 Å². The van der Waals surface area contributed by atoms with Crippen LogP contribution < -0.4 is 10.1 Å². The topological polar surface area (TPSA) is 40.4 Å². The van der Waals surface area contributed by atoms with Crippen LogP contribution in [-0.4, -0.2) is 20.1 Å². The highest BCUT2D eigenvalue weighted by atomic mass is 16.5. The van der Waals surface area contributed by atoms with Gasteiger partial charge >= 0.3 is 0 Å². The van der Waals surface area contributed by atoms with Crippen LogP contribution in [0.1, 0.15) is 10.4 Å². The number of rotatable bonds is 2. The maximum atomic E-state index is 11.1. The predicted molar refractivity (Wildman–Crippen MR) is 45.4 cm³/mol. The molecular weight excluding hydrogens is 154 g/mol. The summed E-state index contributed by atoms with van der Waals surface area (Å²) < 4.78 is 4.96. The fraction of sp³-hybridized carbons (Fsp3) is 0.222. The van der Waals surface area contributed by atoms with Crippen molar-refractivity contribution in [2.45, 2.75) is 0 Å². The number of hydrogen-bond donors (Lipinski definition) is 0. The zero-order valence-corrected chi connectivity index (χ0v) is 7.07. The third kappa shape index (κ3) is 1.75. The number of nitrogens with zero attached hydrogens (tertiary/aromatic N) is 1. The minimum atomic E-state index is -0.228. The van der Waals surface area contributed by atoms with Crippen molar-refractivity contribution in [2.75, 3.05) is 14.2 Å². The summed E-state index contributed by atoms with van der Waals surface area (Å²) in [6.07, 6.45) is 0. The number of methoxy groups -OCH3 is 1. The monoisotopic (exact) mass is 164 g/mol. The van der Waals surface area contributed by atoms with E-state index < -0.39 is 0 Å². The van der Waals surface area contributed by atoms with Crippen molar-refractivity contribution >= 4 is 5.91 Å². The smallest absolute Gasteiger partial charge is 0.272 e. The van der Waals surface area contributed by atoms with Gasteiger partial charge in [-0.25, -0.2) is 0 Å². The van der Waals surface area contributed by atoms with Crippen LogP contribution in [0, 0.1) is 0 Å². The van der Waals surface area contributed by atoms with Crippen molar-refractivity contribution in [2.24, 2.45) is 0 Å². The van der Waals surface area contributed by atoms with Crippen LogP contribution in [0.5, 0.6) is 5.75 Å². The molecule has 0 N–H and O–H groups in total. The Kier molecular flexibility index (Phi) is 2.69. The fourth-order valence-electron chi connectivity index (χ4n) is 0.885. The summed E-state index contributed by atoms with van der Waals surface area (Å²) in [5, 5.41) is 3.54. The average molecular weight is 164 g/mol. The van der Waals surface area contributed by atoms with Crippen LogP contribution in [-0.2, 0) is 0 Å². The van der Waals surface area contributed by atoms with Gasteiger partial charge in [0.15, 0.2) is 0 Å². The van der Waals surface area contributed by atoms with E-state index in [-0.39, 0.29) is 5.91 Å². The van der Waals surface area contributed by atoms with E-state index in [9.17, 15) is 4.79 Å². The molecule has 0 aliphatic heterocycles. The summed E-state index contributed by atoms with van der Waals surface area (Å²) in [5.74, 6) is 0.443. The molecule has 1 radical (unpaired) electrons. The molecule has 0 heterocycles. The van der Waals surface area contributed by atoms with Gasteiger partial charge in [-0.3, -0.25) is 10.1 Å². The highest BCUT2D eigenvalue weighted by molar-refractivity contribution is 5.94. The molecule has 0 aliphatic carbocycles. The highest BCUT2D eigenvalue weighted by Gasteiger charge is 2.03. The van der Waals surface area contributed by atoms with E-state index in [1.165, 1.54) is 7.05 Å². The van der Waals surface area contributed by atoms with Gasteiger partial charge in [-0.2, -0.15) is 0 Å². The largest absolute Gasteiger partial charge is 0.497 e. The first-order valence-corrected chi connectivity index (χ1v) is 3.56. The third-order valence-electron chi connectivity index (χ3n) is 1.52. The second-order valence-electron chi connectivity index (χ2n) is 2.26. The van der Waals surface area contributed by atoms with E-state index >= 15 is 0 Å². The Morgan fingerprint density at radius 3 is 2.83 bits per heavy atom. The van der Waals surface area contributed by atoms with Crippen LogP contribution >= 0.6 is 0 Å². The fourth-order valence-corrected chi connectivity index (χ4v) is 0.885. The Hall–Kier alpha value is -1.51. The zero-order chi connectivity index (χ0) is 8.97. The molecule has 1 rings (SSSR count). The first-order valence-electron chi connectivity index (χ1n) is 3.56. The Balaban J connectivity index is 2.93. The third-order valence-corrected chi connectivity index (χ3v) is 1.52. The first-order chi connectivity index (χ1) is 5.77. The minimum absolute atomic E-state index is 0.228. The predicted octanol–water partition coefficient (Wildman–Crippen LogP) is 1.07. The lowest BCUT2D eigenvalue weighted by atomic mass is 10.2. The molecule has 1 aromatic rings. The Morgan fingerprint density at radius 1 is 1.50 bits per heavy atom. The van der Waals surface area contributed by atoms with Crippen LogP contribution in [0.15, 0.2) is 24.3 Å². The lowest BCUT2D eigenvalue weighted by molar-refractivity contribution is 0.0958. The molecule has 1 aromatic carbocycles. The lowest BCUT2D eigenvalue weighted by Gasteiger charge is -2.00. The molecule has 3 nitrogen and oxygen atoms in total. The summed E-state index contributed by atoms with van der Waals surface area (Å²) in [5.41, 5.74) is 0.553. The molecule has 1 amide bonds. The maximum absolute atomic E-state index is 11.1. The van der Waals surface area contributed by atoms with E-state index in [0.717, 1.165) is 0 Å². The standard InChI is InChI=1S/C9H10NO2/c1-10-9(11)7-4-3-5-8(6-7)12-2/h3-6H,1-2H3. The molecule has 0 aromatic heterocycles. The summed E-state index contributed by atoms with van der Waals surface area (Å²) in [7, 11) is 3.04. The molecule has 12 heavy (non-hydrogen) atoms. The molecular formula is C9H10NO2. The van der Waals surface area contributed by atoms with Crippen molar-refractivity contribution in [3.8, 4) is 5.75 Å². The normalized spacial score (nSPS) is 9.17. The molecule has 0 atom stereocenters. The quantitative estimate of drug-likeness (QED) is 0.656. The summed E-state index contributed by atoms with van der Waals surface area (Å²) >= 11 is 0. The van der Waals surface area contributed by atoms with Gasteiger partial charge in [0.05, 0.1) is 7.11 Å². The molecule has 3 heteroatoms. The number of carbonyl (C=O) groups excluding carboxylic acids is 1. The van der Waals surface area contributed by atoms with Crippen LogP contribution in [0.4, 0.5) is 0 Å². The number of amides is 1. The summed E-state index contributed by atoms with van der Waals surface area (Å²) in [6.45, 7) is 0. The SMILES string of the molecule is C[N]C(=O)c1cccc(OC)c1. The highest BCUT2D eigenvalue weighted by Crippen LogP contribution is 2.12. The van der Waals surface area contributed by atoms with Crippen molar-refractivity contribution in [1.82, 2.24) is 5.32 Å². The number of carbonyl (C=O) groups is 1. The van der Waals surface area contributed by atoms with Crippen molar-refractivity contribution in [1.29, 1.82) is 0 Å². The van der Waals surface area contributed by atoms with Crippen LogP contribution in [0.2, 0.25) is 0 Å². The molecule has 0 saturated carbocycles. The molecule has 0 fully saturated rings. The lowest BCUT2D eigenvalue weighted by Crippen LogP contribution is -2.10. The van der Waals surface area contributed by atoms with Gasteiger partial charge in [0.2, 0.25) is 0 Å². The molecule has 0 aliphatic rings. The second kappa shape index (κ2) is 3.76. The minimum Gasteiger partial charge on any atom is -0.497 e. The number of benzene rings is 1. The number of hydrogen-bond acceptors (Lipinski definition) is 2. The number of ether oxygens (including phenoxy) is 1. The van der Waals surface area contributed by atoms with Gasteiger partial charge < -0.3 is 4.74 Å². The van der Waals surface area contributed by atoms with Gasteiger partial charge in [-0.1, -0.05) is 6.07 Å². The Bertz CT molecular complexity index is 284. The summed E-state index contributed by atoms with van der Waals surface area (Å²) in [6, 6.07) is 6.91. The molecule has 0 spiro atoms. The first kappa shape index (κ1) is 8.59.